The Balaban J connectivity index is 3.90. The maximum Gasteiger partial charge on any atom is 0.146 e. The maximum absolute atomic E-state index is 5.31. The zero-order chi connectivity index (χ0) is 8.91. The van der Waals surface area contributed by atoms with Crippen molar-refractivity contribution in [3.8, 4) is 0 Å². The molecule has 0 aliphatic heterocycles. The summed E-state index contributed by atoms with van der Waals surface area (Å²) in [7, 11) is 0.714. The summed E-state index contributed by atoms with van der Waals surface area (Å²) in [6.07, 6.45) is 2.35. The van der Waals surface area contributed by atoms with Crippen LogP contribution in [0.5, 0.6) is 0 Å². The predicted octanol–water partition coefficient (Wildman–Crippen LogP) is 0.778. The van der Waals surface area contributed by atoms with Gasteiger partial charge in [-0.05, 0) is 25.3 Å². The Morgan fingerprint density at radius 1 is 1.55 bits per heavy atom. The third kappa shape index (κ3) is 6.53. The smallest absolute Gasteiger partial charge is 0.146 e. The molecule has 0 radical (unpaired) electrons. The molecule has 11 heavy (non-hydrogen) atoms. The molecule has 0 aromatic heterocycles. The van der Waals surface area contributed by atoms with Crippen LogP contribution >= 0.6 is 0 Å². The third-order valence-electron chi connectivity index (χ3n) is 1.63. The van der Waals surface area contributed by atoms with E-state index in [1.54, 1.807) is 0 Å². The fraction of sp³-hybridized carbons (Fsp3) is 0.750. The predicted molar refractivity (Wildman–Crippen MR) is 57.6 cm³/mol. The van der Waals surface area contributed by atoms with Crippen LogP contribution in [0.1, 0.15) is 27.7 Å². The Morgan fingerprint density at radius 2 is 2.09 bits per heavy atom. The van der Waals surface area contributed by atoms with E-state index in [-0.39, 0.29) is 9.76 Å². The molecule has 0 aliphatic rings. The van der Waals surface area contributed by atoms with Crippen molar-refractivity contribution in [3.63, 3.8) is 0 Å². The number of hydrogen-bond acceptors (Lipinski definition) is 1. The van der Waals surface area contributed by atoms with Gasteiger partial charge in [0.15, 0.2) is 0 Å². The molecule has 0 N–H and O–H groups in total. The Bertz CT molecular complexity index is 137. The van der Waals surface area contributed by atoms with E-state index in [2.05, 4.69) is 33.8 Å². The SMILES string of the molecule is CC(C)=CC(C)(C)C[SiH2]O[SiH3]. The normalized spacial score (nSPS) is 12.7. The highest BCUT2D eigenvalue weighted by atomic mass is 28.3. The lowest BCUT2D eigenvalue weighted by Crippen LogP contribution is -2.12. The molecule has 3 heteroatoms. The van der Waals surface area contributed by atoms with Gasteiger partial charge >= 0.3 is 0 Å². The average Bonchev–Trinajstić information content (AvgIpc) is 1.81. The molecule has 0 heterocycles. The number of hydrogen-bond donors (Lipinski definition) is 0. The molecular weight excluding hydrogens is 168 g/mol. The van der Waals surface area contributed by atoms with Crippen molar-refractivity contribution in [1.29, 1.82) is 0 Å². The van der Waals surface area contributed by atoms with Crippen LogP contribution in [0.25, 0.3) is 0 Å². The first-order chi connectivity index (χ1) is 4.98. The molecule has 1 nitrogen and oxygen atoms in total. The average molecular weight is 188 g/mol. The minimum atomic E-state index is -0.208. The molecule has 0 rings (SSSR count). The van der Waals surface area contributed by atoms with Gasteiger partial charge in [0, 0.05) is 0 Å². The van der Waals surface area contributed by atoms with Gasteiger partial charge in [0.05, 0.1) is 0 Å². The van der Waals surface area contributed by atoms with Crippen LogP contribution in [0.3, 0.4) is 0 Å². The molecule has 0 saturated carbocycles. The lowest BCUT2D eigenvalue weighted by molar-refractivity contribution is 0.512. The van der Waals surface area contributed by atoms with Gasteiger partial charge in [-0.15, -0.1) is 0 Å². The van der Waals surface area contributed by atoms with Crippen molar-refractivity contribution < 1.29 is 4.12 Å². The number of rotatable bonds is 4. The van der Waals surface area contributed by atoms with Gasteiger partial charge in [-0.25, -0.2) is 0 Å². The summed E-state index contributed by atoms with van der Waals surface area (Å²) >= 11 is 0. The molecule has 0 amide bonds. The fourth-order valence-electron chi connectivity index (χ4n) is 1.22. The van der Waals surface area contributed by atoms with Gasteiger partial charge in [0.1, 0.15) is 20.2 Å². The van der Waals surface area contributed by atoms with Crippen LogP contribution in [0.4, 0.5) is 0 Å². The van der Waals surface area contributed by atoms with Gasteiger partial charge in [0.25, 0.3) is 0 Å². The Hall–Kier alpha value is 0.134. The van der Waals surface area contributed by atoms with E-state index in [0.29, 0.717) is 5.41 Å². The lowest BCUT2D eigenvalue weighted by Gasteiger charge is -2.20. The fourth-order valence-corrected chi connectivity index (χ4v) is 2.71. The molecule has 0 aromatic carbocycles. The van der Waals surface area contributed by atoms with E-state index in [4.69, 9.17) is 4.12 Å². The van der Waals surface area contributed by atoms with E-state index in [0.717, 1.165) is 10.5 Å². The molecular formula is C8H20OSi2. The van der Waals surface area contributed by atoms with Gasteiger partial charge in [-0.1, -0.05) is 25.5 Å². The first-order valence-electron chi connectivity index (χ1n) is 4.13. The second kappa shape index (κ2) is 4.90. The van der Waals surface area contributed by atoms with Crippen molar-refractivity contribution in [3.05, 3.63) is 11.6 Å². The van der Waals surface area contributed by atoms with Crippen molar-refractivity contribution >= 4 is 20.2 Å². The van der Waals surface area contributed by atoms with Gasteiger partial charge in [-0.3, -0.25) is 0 Å². The van der Waals surface area contributed by atoms with E-state index in [9.17, 15) is 0 Å². The first-order valence-corrected chi connectivity index (χ1v) is 6.52. The second-order valence-corrected chi connectivity index (χ2v) is 7.17. The van der Waals surface area contributed by atoms with Crippen molar-refractivity contribution in [1.82, 2.24) is 0 Å². The minimum absolute atomic E-state index is 0.208. The Kier molecular flexibility index (Phi) is 4.96. The van der Waals surface area contributed by atoms with E-state index < -0.39 is 0 Å². The van der Waals surface area contributed by atoms with Gasteiger partial charge < -0.3 is 4.12 Å². The highest BCUT2D eigenvalue weighted by molar-refractivity contribution is 6.34. The monoisotopic (exact) mass is 188 g/mol. The van der Waals surface area contributed by atoms with Crippen LogP contribution in [0, 0.1) is 5.41 Å². The van der Waals surface area contributed by atoms with Crippen LogP contribution in [-0.2, 0) is 4.12 Å². The molecule has 0 unspecified atom stereocenters. The van der Waals surface area contributed by atoms with E-state index in [1.807, 2.05) is 0 Å². The lowest BCUT2D eigenvalue weighted by atomic mass is 9.94. The zero-order valence-electron chi connectivity index (χ0n) is 8.40. The van der Waals surface area contributed by atoms with Crippen LogP contribution in [0.15, 0.2) is 11.6 Å². The summed E-state index contributed by atoms with van der Waals surface area (Å²) in [6, 6.07) is 1.27. The maximum atomic E-state index is 5.31. The van der Waals surface area contributed by atoms with Gasteiger partial charge in [0.2, 0.25) is 0 Å². The zero-order valence-corrected chi connectivity index (χ0v) is 11.8. The number of allylic oxidation sites excluding steroid dienone is 2. The minimum Gasteiger partial charge on any atom is -0.468 e. The third-order valence-corrected chi connectivity index (χ3v) is 4.76. The summed E-state index contributed by atoms with van der Waals surface area (Å²) in [6.45, 7) is 8.89. The summed E-state index contributed by atoms with van der Waals surface area (Å²) in [5.41, 5.74) is 1.78. The molecule has 0 saturated heterocycles. The molecule has 0 bridgehead atoms. The molecule has 0 aliphatic carbocycles. The van der Waals surface area contributed by atoms with Crippen LogP contribution < -0.4 is 0 Å². The van der Waals surface area contributed by atoms with E-state index >= 15 is 0 Å². The highest BCUT2D eigenvalue weighted by Gasteiger charge is 2.13. The Morgan fingerprint density at radius 3 is 2.45 bits per heavy atom. The highest BCUT2D eigenvalue weighted by Crippen LogP contribution is 2.23. The van der Waals surface area contributed by atoms with Crippen LogP contribution in [0.2, 0.25) is 6.04 Å². The summed E-state index contributed by atoms with van der Waals surface area (Å²) < 4.78 is 5.31. The quantitative estimate of drug-likeness (QED) is 0.468. The van der Waals surface area contributed by atoms with E-state index in [1.165, 1.54) is 11.6 Å². The first kappa shape index (κ1) is 11.1. The molecule has 0 spiro atoms. The second-order valence-electron chi connectivity index (χ2n) is 3.95. The topological polar surface area (TPSA) is 9.23 Å². The molecule has 0 aromatic rings. The molecule has 66 valence electrons. The summed E-state index contributed by atoms with van der Waals surface area (Å²) in [5.74, 6) is 0. The standard InChI is InChI=1S/C8H20OSi2/c1-7(2)5-8(3,4)6-11-9-10/h5H,6,11H2,1-4,10H3. The van der Waals surface area contributed by atoms with Gasteiger partial charge in [-0.2, -0.15) is 0 Å². The molecule has 0 fully saturated rings. The van der Waals surface area contributed by atoms with Crippen LogP contribution in [-0.4, -0.2) is 20.2 Å². The molecule has 0 atom stereocenters. The van der Waals surface area contributed by atoms with Crippen molar-refractivity contribution in [2.45, 2.75) is 33.7 Å². The Labute approximate surface area is 75.7 Å². The summed E-state index contributed by atoms with van der Waals surface area (Å²) in [4.78, 5) is 0. The van der Waals surface area contributed by atoms with Crippen molar-refractivity contribution in [2.75, 3.05) is 0 Å². The largest absolute Gasteiger partial charge is 0.468 e. The van der Waals surface area contributed by atoms with Crippen molar-refractivity contribution in [2.24, 2.45) is 5.41 Å². The summed E-state index contributed by atoms with van der Waals surface area (Å²) in [5, 5.41) is 0.